The number of benzene rings is 1. The van der Waals surface area contributed by atoms with Crippen LogP contribution < -0.4 is 0 Å². The van der Waals surface area contributed by atoms with Crippen molar-refractivity contribution in [2.45, 2.75) is 25.6 Å². The van der Waals surface area contributed by atoms with Gasteiger partial charge in [-0.3, -0.25) is 9.69 Å². The summed E-state index contributed by atoms with van der Waals surface area (Å²) in [6.45, 7) is 3.18. The normalized spacial score (nSPS) is 20.8. The van der Waals surface area contributed by atoms with E-state index in [2.05, 4.69) is 4.98 Å². The van der Waals surface area contributed by atoms with Gasteiger partial charge >= 0.3 is 0 Å². The van der Waals surface area contributed by atoms with Crippen LogP contribution in [0.3, 0.4) is 0 Å². The van der Waals surface area contributed by atoms with Gasteiger partial charge in [0, 0.05) is 19.6 Å². The molecule has 0 aliphatic carbocycles. The van der Waals surface area contributed by atoms with Gasteiger partial charge in [-0.05, 0) is 31.7 Å². The number of amides is 1. The second-order valence-corrected chi connectivity index (χ2v) is 7.01. The molecule has 3 rings (SSSR count). The Labute approximate surface area is 144 Å². The van der Waals surface area contributed by atoms with Crippen molar-refractivity contribution >= 4 is 17.2 Å². The number of hydrogen-bond donors (Lipinski definition) is 1. The van der Waals surface area contributed by atoms with Crippen LogP contribution in [0.25, 0.3) is 0 Å². The number of rotatable bonds is 4. The highest BCUT2D eigenvalue weighted by Crippen LogP contribution is 2.22. The van der Waals surface area contributed by atoms with E-state index in [-0.39, 0.29) is 17.8 Å². The minimum atomic E-state index is -0.604. The Morgan fingerprint density at radius 2 is 2.12 bits per heavy atom. The molecular weight excluding hydrogens is 329 g/mol. The Morgan fingerprint density at radius 3 is 2.75 bits per heavy atom. The number of thiazole rings is 1. The Kier molecular flexibility index (Phi) is 4.93. The summed E-state index contributed by atoms with van der Waals surface area (Å²) in [5, 5.41) is 10.4. The summed E-state index contributed by atoms with van der Waals surface area (Å²) >= 11 is 1.33. The molecule has 0 spiro atoms. The van der Waals surface area contributed by atoms with Gasteiger partial charge in [-0.25, -0.2) is 9.37 Å². The van der Waals surface area contributed by atoms with Crippen LogP contribution in [0.4, 0.5) is 4.39 Å². The molecule has 1 aliphatic rings. The summed E-state index contributed by atoms with van der Waals surface area (Å²) in [7, 11) is 1.91. The van der Waals surface area contributed by atoms with Gasteiger partial charge in [0.2, 0.25) is 0 Å². The van der Waals surface area contributed by atoms with Crippen LogP contribution in [0.2, 0.25) is 0 Å². The zero-order chi connectivity index (χ0) is 17.3. The molecular formula is C17H20FN3O2S. The first-order valence-corrected chi connectivity index (χ1v) is 8.66. The standard InChI is InChI=1S/C17H20FN3O2S/c1-11-16(24-10-19-11)17(23)21-8-14(15(22)9-21)20(2)7-12-3-5-13(18)6-4-12/h3-6,10,14-15,22H,7-9H2,1-2H3/t14-,15-/m1/s1. The number of carbonyl (C=O) groups is 1. The lowest BCUT2D eigenvalue weighted by atomic mass is 10.1. The molecule has 1 N–H and O–H groups in total. The van der Waals surface area contributed by atoms with Crippen LogP contribution in [-0.4, -0.2) is 58.1 Å². The largest absolute Gasteiger partial charge is 0.390 e. The third kappa shape index (κ3) is 3.48. The molecule has 0 saturated carbocycles. The van der Waals surface area contributed by atoms with Crippen LogP contribution in [-0.2, 0) is 6.54 Å². The fraction of sp³-hybridized carbons (Fsp3) is 0.412. The Morgan fingerprint density at radius 1 is 1.42 bits per heavy atom. The molecule has 2 aromatic rings. The molecule has 1 aromatic carbocycles. The lowest BCUT2D eigenvalue weighted by Crippen LogP contribution is -2.40. The summed E-state index contributed by atoms with van der Waals surface area (Å²) in [5.74, 6) is -0.342. The highest BCUT2D eigenvalue weighted by molar-refractivity contribution is 7.11. The van der Waals surface area contributed by atoms with Crippen molar-refractivity contribution in [3.8, 4) is 0 Å². The number of halogens is 1. The smallest absolute Gasteiger partial charge is 0.265 e. The summed E-state index contributed by atoms with van der Waals surface area (Å²) < 4.78 is 13.0. The number of likely N-dealkylation sites (N-methyl/N-ethyl adjacent to an activating group) is 1. The fourth-order valence-corrected chi connectivity index (χ4v) is 3.78. The molecule has 1 saturated heterocycles. The average molecular weight is 349 g/mol. The molecule has 0 unspecified atom stereocenters. The van der Waals surface area contributed by atoms with Gasteiger partial charge < -0.3 is 10.0 Å². The molecule has 24 heavy (non-hydrogen) atoms. The molecule has 5 nitrogen and oxygen atoms in total. The lowest BCUT2D eigenvalue weighted by molar-refractivity contribution is 0.0766. The molecule has 0 radical (unpaired) electrons. The van der Waals surface area contributed by atoms with E-state index in [9.17, 15) is 14.3 Å². The molecule has 2 atom stereocenters. The van der Waals surface area contributed by atoms with Gasteiger partial charge in [-0.2, -0.15) is 0 Å². The van der Waals surface area contributed by atoms with Crippen LogP contribution in [0, 0.1) is 12.7 Å². The zero-order valence-electron chi connectivity index (χ0n) is 13.6. The van der Waals surface area contributed by atoms with E-state index in [4.69, 9.17) is 0 Å². The molecule has 1 fully saturated rings. The summed E-state index contributed by atoms with van der Waals surface area (Å²) in [4.78, 5) is 21.0. The highest BCUT2D eigenvalue weighted by atomic mass is 32.1. The number of likely N-dealkylation sites (tertiary alicyclic amines) is 1. The molecule has 128 valence electrons. The van der Waals surface area contributed by atoms with Crippen molar-refractivity contribution in [2.24, 2.45) is 0 Å². The fourth-order valence-electron chi connectivity index (χ4n) is 3.01. The average Bonchev–Trinajstić information content (AvgIpc) is 3.15. The van der Waals surface area contributed by atoms with Crippen molar-refractivity contribution in [3.05, 3.63) is 51.7 Å². The SMILES string of the molecule is Cc1ncsc1C(=O)N1C[C@@H](O)[C@H](N(C)Cc2ccc(F)cc2)C1. The Bertz CT molecular complexity index is 719. The number of aliphatic hydroxyl groups is 1. The van der Waals surface area contributed by atoms with E-state index in [1.54, 1.807) is 22.5 Å². The van der Waals surface area contributed by atoms with Crippen molar-refractivity contribution in [1.29, 1.82) is 0 Å². The van der Waals surface area contributed by atoms with Crippen molar-refractivity contribution in [2.75, 3.05) is 20.1 Å². The zero-order valence-corrected chi connectivity index (χ0v) is 14.5. The van der Waals surface area contributed by atoms with E-state index in [1.165, 1.54) is 23.5 Å². The van der Waals surface area contributed by atoms with Gasteiger partial charge in [-0.15, -0.1) is 11.3 Å². The maximum Gasteiger partial charge on any atom is 0.265 e. The van der Waals surface area contributed by atoms with Gasteiger partial charge in [-0.1, -0.05) is 12.1 Å². The first-order valence-electron chi connectivity index (χ1n) is 7.78. The summed E-state index contributed by atoms with van der Waals surface area (Å²) in [6.07, 6.45) is -0.604. The number of aromatic nitrogens is 1. The third-order valence-electron chi connectivity index (χ3n) is 4.40. The van der Waals surface area contributed by atoms with E-state index in [1.807, 2.05) is 18.9 Å². The number of hydrogen-bond acceptors (Lipinski definition) is 5. The van der Waals surface area contributed by atoms with Crippen LogP contribution in [0.1, 0.15) is 20.9 Å². The molecule has 1 aliphatic heterocycles. The minimum Gasteiger partial charge on any atom is -0.390 e. The second kappa shape index (κ2) is 6.96. The van der Waals surface area contributed by atoms with Crippen molar-refractivity contribution in [1.82, 2.24) is 14.8 Å². The predicted molar refractivity (Wildman–Crippen MR) is 90.4 cm³/mol. The summed E-state index contributed by atoms with van der Waals surface area (Å²) in [5.41, 5.74) is 3.35. The number of aryl methyl sites for hydroxylation is 1. The number of aliphatic hydroxyl groups excluding tert-OH is 1. The van der Waals surface area contributed by atoms with Crippen LogP contribution in [0.15, 0.2) is 29.8 Å². The monoisotopic (exact) mass is 349 g/mol. The van der Waals surface area contributed by atoms with Gasteiger partial charge in [0.15, 0.2) is 0 Å². The maximum absolute atomic E-state index is 13.0. The number of nitrogens with zero attached hydrogens (tertiary/aromatic N) is 3. The van der Waals surface area contributed by atoms with Crippen LogP contribution >= 0.6 is 11.3 Å². The molecule has 1 aromatic heterocycles. The van der Waals surface area contributed by atoms with E-state index >= 15 is 0 Å². The quantitative estimate of drug-likeness (QED) is 0.916. The topological polar surface area (TPSA) is 56.7 Å². The molecule has 0 bridgehead atoms. The summed E-state index contributed by atoms with van der Waals surface area (Å²) in [6, 6.07) is 6.17. The van der Waals surface area contributed by atoms with Crippen molar-refractivity contribution in [3.63, 3.8) is 0 Å². The Balaban J connectivity index is 1.65. The van der Waals surface area contributed by atoms with Crippen molar-refractivity contribution < 1.29 is 14.3 Å². The Hall–Kier alpha value is -1.83. The van der Waals surface area contributed by atoms with Crippen LogP contribution in [0.5, 0.6) is 0 Å². The first kappa shape index (κ1) is 17.0. The minimum absolute atomic E-state index is 0.0771. The number of carbonyl (C=O) groups excluding carboxylic acids is 1. The van der Waals surface area contributed by atoms with E-state index in [0.29, 0.717) is 24.5 Å². The maximum atomic E-state index is 13.0. The van der Waals surface area contributed by atoms with Gasteiger partial charge in [0.25, 0.3) is 5.91 Å². The van der Waals surface area contributed by atoms with Gasteiger partial charge in [0.1, 0.15) is 10.7 Å². The number of β-amino-alcohol motifs (C(OH)–C–C–N with tert-alkyl or cyclic N) is 1. The second-order valence-electron chi connectivity index (χ2n) is 6.15. The van der Waals surface area contributed by atoms with E-state index < -0.39 is 6.10 Å². The van der Waals surface area contributed by atoms with E-state index in [0.717, 1.165) is 11.3 Å². The molecule has 1 amide bonds. The lowest BCUT2D eigenvalue weighted by Gasteiger charge is -2.26. The first-order chi connectivity index (χ1) is 11.5. The third-order valence-corrected chi connectivity index (χ3v) is 5.31. The molecule has 7 heteroatoms. The molecule has 2 heterocycles. The predicted octanol–water partition coefficient (Wildman–Crippen LogP) is 1.91. The van der Waals surface area contributed by atoms with Gasteiger partial charge in [0.05, 0.1) is 23.4 Å². The highest BCUT2D eigenvalue weighted by Gasteiger charge is 2.37.